The predicted octanol–water partition coefficient (Wildman–Crippen LogP) is 7.58. The van der Waals surface area contributed by atoms with Crippen molar-refractivity contribution in [2.24, 2.45) is 29.6 Å². The Morgan fingerprint density at radius 3 is 2.38 bits per heavy atom. The van der Waals surface area contributed by atoms with Crippen LogP contribution in [0.4, 0.5) is 0 Å². The Morgan fingerprint density at radius 1 is 1.00 bits per heavy atom. The minimum absolute atomic E-state index is 0.192. The summed E-state index contributed by atoms with van der Waals surface area (Å²) >= 11 is 7.19. The number of carbonyl (C=O) groups is 1. The Morgan fingerprint density at radius 2 is 1.69 bits per heavy atom. The predicted molar refractivity (Wildman–Crippen MR) is 130 cm³/mol. The average Bonchev–Trinajstić information content (AvgIpc) is 2.90. The molecule has 3 aliphatic rings. The second kappa shape index (κ2) is 11.3. The van der Waals surface area contributed by atoms with E-state index in [0.29, 0.717) is 11.8 Å². The van der Waals surface area contributed by atoms with E-state index in [1.165, 1.54) is 77.0 Å². The van der Waals surface area contributed by atoms with Gasteiger partial charge < -0.3 is 0 Å². The molecule has 2 unspecified atom stereocenters. The van der Waals surface area contributed by atoms with E-state index in [1.807, 2.05) is 4.90 Å². The number of carbonyl (C=O) groups excluding carboxylic acids is 1. The van der Waals surface area contributed by atoms with Crippen LogP contribution in [0.25, 0.3) is 0 Å². The largest absolute Gasteiger partial charge is 0.293 e. The molecule has 2 saturated carbocycles. The third kappa shape index (κ3) is 6.82. The van der Waals surface area contributed by atoms with Crippen molar-refractivity contribution in [1.29, 1.82) is 0 Å². The maximum Gasteiger partial charge on any atom is 0.265 e. The van der Waals surface area contributed by atoms with Crippen molar-refractivity contribution < 1.29 is 4.79 Å². The van der Waals surface area contributed by atoms with E-state index in [9.17, 15) is 4.79 Å². The maximum absolute atomic E-state index is 13.1. The van der Waals surface area contributed by atoms with Gasteiger partial charge in [0, 0.05) is 6.54 Å². The van der Waals surface area contributed by atoms with Crippen LogP contribution in [0.2, 0.25) is 0 Å². The van der Waals surface area contributed by atoms with Gasteiger partial charge in [0.2, 0.25) is 0 Å². The van der Waals surface area contributed by atoms with Crippen LogP contribution in [0, 0.1) is 29.6 Å². The van der Waals surface area contributed by atoms with E-state index in [0.717, 1.165) is 33.5 Å². The van der Waals surface area contributed by atoms with Gasteiger partial charge in [0.1, 0.15) is 4.32 Å². The maximum atomic E-state index is 13.1. The Balaban J connectivity index is 1.56. The molecule has 0 bridgehead atoms. The molecule has 0 aromatic rings. The zero-order valence-electron chi connectivity index (χ0n) is 18.8. The van der Waals surface area contributed by atoms with Crippen molar-refractivity contribution in [3.63, 3.8) is 0 Å². The topological polar surface area (TPSA) is 20.3 Å². The molecule has 4 heteroatoms. The fourth-order valence-corrected chi connectivity index (χ4v) is 6.81. The van der Waals surface area contributed by atoms with Gasteiger partial charge in [-0.25, -0.2) is 0 Å². The van der Waals surface area contributed by atoms with Gasteiger partial charge in [-0.2, -0.15) is 0 Å². The average molecular weight is 436 g/mol. The quantitative estimate of drug-likeness (QED) is 0.335. The lowest BCUT2D eigenvalue weighted by Crippen LogP contribution is -2.33. The van der Waals surface area contributed by atoms with E-state index >= 15 is 0 Å². The summed E-state index contributed by atoms with van der Waals surface area (Å²) in [5.41, 5.74) is 0. The van der Waals surface area contributed by atoms with Crippen LogP contribution in [0.15, 0.2) is 11.0 Å². The van der Waals surface area contributed by atoms with Gasteiger partial charge in [0.25, 0.3) is 5.91 Å². The van der Waals surface area contributed by atoms with Crippen molar-refractivity contribution in [2.75, 3.05) is 6.54 Å². The molecule has 2 nitrogen and oxygen atoms in total. The summed E-state index contributed by atoms with van der Waals surface area (Å²) in [5.74, 6) is 3.89. The first-order valence-electron chi connectivity index (χ1n) is 12.2. The van der Waals surface area contributed by atoms with E-state index < -0.39 is 0 Å². The molecule has 0 N–H and O–H groups in total. The summed E-state index contributed by atoms with van der Waals surface area (Å²) in [7, 11) is 0. The van der Waals surface area contributed by atoms with Crippen LogP contribution in [0.3, 0.4) is 0 Å². The standard InChI is InChI=1S/C25H41NOS2/c1-18(2)22-12-6-10-20(11-7-13-22)16-23-24(27)26(25(28)29-23)17-21-9-5-4-8-19(3)14-15-21/h16,18-22H,4-15,17H2,1-3H3/b23-16-. The number of rotatable bonds is 4. The van der Waals surface area contributed by atoms with Crippen LogP contribution in [-0.4, -0.2) is 21.7 Å². The van der Waals surface area contributed by atoms with Gasteiger partial charge in [-0.15, -0.1) is 0 Å². The first-order valence-corrected chi connectivity index (χ1v) is 13.4. The fourth-order valence-electron chi connectivity index (χ4n) is 5.47. The van der Waals surface area contributed by atoms with E-state index in [2.05, 4.69) is 26.8 Å². The summed E-state index contributed by atoms with van der Waals surface area (Å²) in [6.45, 7) is 7.95. The molecule has 3 fully saturated rings. The van der Waals surface area contributed by atoms with Gasteiger partial charge in [-0.05, 0) is 55.3 Å². The smallest absolute Gasteiger partial charge is 0.265 e. The molecule has 1 heterocycles. The molecule has 1 aliphatic heterocycles. The molecule has 0 spiro atoms. The SMILES string of the molecule is CC1CCCCC(CN2C(=O)/C(=C/C3CCCC(C(C)C)CCC3)SC2=S)CC1. The Kier molecular flexibility index (Phi) is 9.10. The minimum atomic E-state index is 0.192. The van der Waals surface area contributed by atoms with Crippen LogP contribution in [-0.2, 0) is 4.79 Å². The highest BCUT2D eigenvalue weighted by molar-refractivity contribution is 8.26. The third-order valence-corrected chi connectivity index (χ3v) is 8.97. The molecule has 1 saturated heterocycles. The molecule has 164 valence electrons. The summed E-state index contributed by atoms with van der Waals surface area (Å²) < 4.78 is 0.794. The molecule has 2 atom stereocenters. The van der Waals surface area contributed by atoms with Crippen LogP contribution in [0.5, 0.6) is 0 Å². The summed E-state index contributed by atoms with van der Waals surface area (Å²) in [5, 5.41) is 0. The molecular weight excluding hydrogens is 394 g/mol. The molecule has 0 radical (unpaired) electrons. The zero-order chi connectivity index (χ0) is 20.8. The molecule has 0 aromatic carbocycles. The number of nitrogens with zero attached hydrogens (tertiary/aromatic N) is 1. The summed E-state index contributed by atoms with van der Waals surface area (Å²) in [6, 6.07) is 0. The summed E-state index contributed by atoms with van der Waals surface area (Å²) in [4.78, 5) is 16.0. The molecule has 29 heavy (non-hydrogen) atoms. The molecule has 3 rings (SSSR count). The fraction of sp³-hybridized carbons (Fsp3) is 0.840. The van der Waals surface area contributed by atoms with Crippen LogP contribution < -0.4 is 0 Å². The Bertz CT molecular complexity index is 590. The van der Waals surface area contributed by atoms with E-state index in [1.54, 1.807) is 11.8 Å². The van der Waals surface area contributed by atoms with Crippen molar-refractivity contribution in [3.8, 4) is 0 Å². The monoisotopic (exact) mass is 435 g/mol. The lowest BCUT2D eigenvalue weighted by Gasteiger charge is -2.26. The highest BCUT2D eigenvalue weighted by atomic mass is 32.2. The van der Waals surface area contributed by atoms with Gasteiger partial charge in [0.15, 0.2) is 0 Å². The highest BCUT2D eigenvalue weighted by Crippen LogP contribution is 2.37. The van der Waals surface area contributed by atoms with Crippen molar-refractivity contribution in [2.45, 2.75) is 97.8 Å². The number of hydrogen-bond acceptors (Lipinski definition) is 3. The van der Waals surface area contributed by atoms with Gasteiger partial charge >= 0.3 is 0 Å². The highest BCUT2D eigenvalue weighted by Gasteiger charge is 2.34. The first kappa shape index (κ1) is 23.3. The second-order valence-electron chi connectivity index (χ2n) is 10.3. The van der Waals surface area contributed by atoms with Crippen LogP contribution in [0.1, 0.15) is 97.8 Å². The number of amides is 1. The molecule has 0 aromatic heterocycles. The van der Waals surface area contributed by atoms with Crippen molar-refractivity contribution >= 4 is 34.2 Å². The van der Waals surface area contributed by atoms with Gasteiger partial charge in [0.05, 0.1) is 4.91 Å². The van der Waals surface area contributed by atoms with E-state index in [-0.39, 0.29) is 5.91 Å². The van der Waals surface area contributed by atoms with Crippen molar-refractivity contribution in [1.82, 2.24) is 4.90 Å². The summed E-state index contributed by atoms with van der Waals surface area (Å²) in [6.07, 6.45) is 17.9. The van der Waals surface area contributed by atoms with Crippen LogP contribution >= 0.6 is 24.0 Å². The van der Waals surface area contributed by atoms with Gasteiger partial charge in [-0.3, -0.25) is 9.69 Å². The third-order valence-electron chi connectivity index (χ3n) is 7.57. The number of allylic oxidation sites excluding steroid dienone is 1. The molecular formula is C25H41NOS2. The molecule has 2 aliphatic carbocycles. The van der Waals surface area contributed by atoms with E-state index in [4.69, 9.17) is 12.2 Å². The number of thiocarbonyl (C=S) groups is 1. The molecule has 1 amide bonds. The zero-order valence-corrected chi connectivity index (χ0v) is 20.5. The lowest BCUT2D eigenvalue weighted by atomic mass is 9.80. The normalized spacial score (nSPS) is 34.2. The number of hydrogen-bond donors (Lipinski definition) is 0. The van der Waals surface area contributed by atoms with Crippen molar-refractivity contribution in [3.05, 3.63) is 11.0 Å². The second-order valence-corrected chi connectivity index (χ2v) is 11.9. The van der Waals surface area contributed by atoms with Gasteiger partial charge in [-0.1, -0.05) is 102 Å². The Hall–Kier alpha value is -0.350. The first-order chi connectivity index (χ1) is 13.9. The lowest BCUT2D eigenvalue weighted by molar-refractivity contribution is -0.122. The number of thioether (sulfide) groups is 1. The Labute approximate surface area is 188 Å². The minimum Gasteiger partial charge on any atom is -0.293 e.